The van der Waals surface area contributed by atoms with E-state index < -0.39 is 15.9 Å². The number of nitrogens with one attached hydrogen (secondary N) is 1. The summed E-state index contributed by atoms with van der Waals surface area (Å²) in [5, 5.41) is 2.73. The molecule has 2 aromatic carbocycles. The highest BCUT2D eigenvalue weighted by Gasteiger charge is 2.21. The van der Waals surface area contributed by atoms with Crippen LogP contribution in [0.4, 0.5) is 11.4 Å². The van der Waals surface area contributed by atoms with Gasteiger partial charge in [-0.2, -0.15) is 0 Å². The minimum atomic E-state index is -3.67. The first kappa shape index (κ1) is 19.7. The van der Waals surface area contributed by atoms with E-state index in [0.29, 0.717) is 16.9 Å². The van der Waals surface area contributed by atoms with Gasteiger partial charge >= 0.3 is 0 Å². The van der Waals surface area contributed by atoms with Crippen molar-refractivity contribution in [1.82, 2.24) is 0 Å². The fourth-order valence-electron chi connectivity index (χ4n) is 2.64. The van der Waals surface area contributed by atoms with E-state index in [1.165, 1.54) is 31.2 Å². The molecule has 0 aromatic heterocycles. The second kappa shape index (κ2) is 7.70. The van der Waals surface area contributed by atoms with Gasteiger partial charge in [0, 0.05) is 11.3 Å². The molecule has 0 aliphatic carbocycles. The van der Waals surface area contributed by atoms with Gasteiger partial charge in [0.2, 0.25) is 15.9 Å². The van der Waals surface area contributed by atoms with Crippen molar-refractivity contribution >= 4 is 33.1 Å². The zero-order chi connectivity index (χ0) is 19.5. The Bertz CT molecular complexity index is 914. The average molecular weight is 374 g/mol. The van der Waals surface area contributed by atoms with Gasteiger partial charge in [-0.1, -0.05) is 6.07 Å². The summed E-state index contributed by atoms with van der Waals surface area (Å²) in [5.41, 5.74) is 3.42. The van der Waals surface area contributed by atoms with Gasteiger partial charge in [0.05, 0.1) is 11.9 Å². The van der Waals surface area contributed by atoms with Gasteiger partial charge in [-0.15, -0.1) is 0 Å². The predicted octanol–water partition coefficient (Wildman–Crippen LogP) is 2.91. The summed E-state index contributed by atoms with van der Waals surface area (Å²) in [6, 6.07) is 11.7. The molecule has 26 heavy (non-hydrogen) atoms. The van der Waals surface area contributed by atoms with Crippen molar-refractivity contribution in [3.8, 4) is 0 Å². The van der Waals surface area contributed by atoms with E-state index in [1.54, 1.807) is 0 Å². The number of carbonyl (C=O) groups excluding carboxylic acids is 2. The van der Waals surface area contributed by atoms with Crippen LogP contribution in [-0.4, -0.2) is 32.9 Å². The maximum absolute atomic E-state index is 12.4. The molecule has 0 aliphatic heterocycles. The van der Waals surface area contributed by atoms with E-state index in [2.05, 4.69) is 5.32 Å². The van der Waals surface area contributed by atoms with Crippen molar-refractivity contribution in [2.45, 2.75) is 20.8 Å². The Balaban J connectivity index is 2.22. The van der Waals surface area contributed by atoms with E-state index >= 15 is 0 Å². The van der Waals surface area contributed by atoms with Crippen molar-refractivity contribution in [1.29, 1.82) is 0 Å². The number of carbonyl (C=O) groups is 2. The standard InChI is InChI=1S/C19H22N2O4S/c1-13-9-14(2)11-17(10-13)20-19(23)12-21(26(4,24)25)18-7-5-16(6-8-18)15(3)22/h5-11H,12H2,1-4H3,(H,20,23). The van der Waals surface area contributed by atoms with Crippen LogP contribution >= 0.6 is 0 Å². The van der Waals surface area contributed by atoms with Gasteiger partial charge in [-0.05, 0) is 68.3 Å². The maximum atomic E-state index is 12.4. The van der Waals surface area contributed by atoms with Crippen LogP contribution < -0.4 is 9.62 Å². The summed E-state index contributed by atoms with van der Waals surface area (Å²) in [6.07, 6.45) is 1.04. The molecule has 0 atom stereocenters. The lowest BCUT2D eigenvalue weighted by Crippen LogP contribution is -2.37. The van der Waals surface area contributed by atoms with E-state index in [-0.39, 0.29) is 12.3 Å². The zero-order valence-electron chi connectivity index (χ0n) is 15.2. The SMILES string of the molecule is CC(=O)c1ccc(N(CC(=O)Nc2cc(C)cc(C)c2)S(C)(=O)=O)cc1. The number of amides is 1. The van der Waals surface area contributed by atoms with Crippen molar-refractivity contribution < 1.29 is 18.0 Å². The number of hydrogen-bond acceptors (Lipinski definition) is 4. The molecule has 0 aliphatic rings. The average Bonchev–Trinajstić information content (AvgIpc) is 2.50. The van der Waals surface area contributed by atoms with Crippen molar-refractivity contribution in [2.24, 2.45) is 0 Å². The predicted molar refractivity (Wildman–Crippen MR) is 103 cm³/mol. The third-order valence-corrected chi connectivity index (χ3v) is 4.90. The quantitative estimate of drug-likeness (QED) is 0.788. The number of rotatable bonds is 6. The van der Waals surface area contributed by atoms with Crippen LogP contribution in [0, 0.1) is 13.8 Å². The highest BCUT2D eigenvalue weighted by Crippen LogP contribution is 2.19. The van der Waals surface area contributed by atoms with Gasteiger partial charge in [-0.3, -0.25) is 13.9 Å². The number of aryl methyl sites for hydroxylation is 2. The normalized spacial score (nSPS) is 11.1. The van der Waals surface area contributed by atoms with Gasteiger partial charge in [-0.25, -0.2) is 8.42 Å². The number of hydrogen-bond donors (Lipinski definition) is 1. The maximum Gasteiger partial charge on any atom is 0.245 e. The first-order chi connectivity index (χ1) is 12.1. The Morgan fingerprint density at radius 3 is 2.00 bits per heavy atom. The fourth-order valence-corrected chi connectivity index (χ4v) is 3.50. The number of anilines is 2. The Hall–Kier alpha value is -2.67. The highest BCUT2D eigenvalue weighted by atomic mass is 32.2. The number of sulfonamides is 1. The van der Waals surface area contributed by atoms with Crippen molar-refractivity contribution in [3.63, 3.8) is 0 Å². The molecule has 0 bridgehead atoms. The minimum absolute atomic E-state index is 0.116. The molecular weight excluding hydrogens is 352 g/mol. The Labute approximate surface area is 153 Å². The zero-order valence-corrected chi connectivity index (χ0v) is 16.1. The summed E-state index contributed by atoms with van der Waals surface area (Å²) < 4.78 is 25.3. The lowest BCUT2D eigenvalue weighted by molar-refractivity contribution is -0.114. The summed E-state index contributed by atoms with van der Waals surface area (Å²) in [6.45, 7) is 4.91. The van der Waals surface area contributed by atoms with Gasteiger partial charge in [0.1, 0.15) is 6.54 Å². The van der Waals surface area contributed by atoms with Crippen LogP contribution in [0.3, 0.4) is 0 Å². The Kier molecular flexibility index (Phi) is 5.82. The van der Waals surface area contributed by atoms with E-state index in [9.17, 15) is 18.0 Å². The minimum Gasteiger partial charge on any atom is -0.324 e. The first-order valence-electron chi connectivity index (χ1n) is 8.03. The molecule has 0 spiro atoms. The monoisotopic (exact) mass is 374 g/mol. The molecule has 0 heterocycles. The third kappa shape index (κ3) is 5.16. The van der Waals surface area contributed by atoms with Gasteiger partial charge in [0.15, 0.2) is 5.78 Å². The molecule has 0 saturated heterocycles. The first-order valence-corrected chi connectivity index (χ1v) is 9.88. The van der Waals surface area contributed by atoms with E-state index in [4.69, 9.17) is 0 Å². The molecule has 0 unspecified atom stereocenters. The van der Waals surface area contributed by atoms with E-state index in [1.807, 2.05) is 32.0 Å². The molecule has 6 nitrogen and oxygen atoms in total. The summed E-state index contributed by atoms with van der Waals surface area (Å²) in [4.78, 5) is 23.7. The summed E-state index contributed by atoms with van der Waals surface area (Å²) >= 11 is 0. The number of Topliss-reactive ketones (excluding diaryl/α,β-unsaturated/α-hetero) is 1. The van der Waals surface area contributed by atoms with Crippen LogP contribution in [0.15, 0.2) is 42.5 Å². The van der Waals surface area contributed by atoms with Crippen LogP contribution in [-0.2, 0) is 14.8 Å². The molecule has 0 radical (unpaired) electrons. The van der Waals surface area contributed by atoms with Crippen LogP contribution in [0.5, 0.6) is 0 Å². The Morgan fingerprint density at radius 2 is 1.54 bits per heavy atom. The third-order valence-electron chi connectivity index (χ3n) is 3.75. The molecule has 1 N–H and O–H groups in total. The smallest absolute Gasteiger partial charge is 0.245 e. The highest BCUT2D eigenvalue weighted by molar-refractivity contribution is 7.92. The molecule has 0 saturated carbocycles. The molecule has 7 heteroatoms. The second-order valence-corrected chi connectivity index (χ2v) is 8.20. The molecule has 1 amide bonds. The molecule has 138 valence electrons. The summed E-state index contributed by atoms with van der Waals surface area (Å²) in [7, 11) is -3.67. The van der Waals surface area contributed by atoms with Crippen LogP contribution in [0.25, 0.3) is 0 Å². The van der Waals surface area contributed by atoms with Crippen molar-refractivity contribution in [3.05, 3.63) is 59.2 Å². The number of benzene rings is 2. The summed E-state index contributed by atoms with van der Waals surface area (Å²) in [5.74, 6) is -0.564. The fraction of sp³-hybridized carbons (Fsp3) is 0.263. The number of nitrogens with zero attached hydrogens (tertiary/aromatic N) is 1. The Morgan fingerprint density at radius 1 is 1.00 bits per heavy atom. The lowest BCUT2D eigenvalue weighted by atomic mass is 10.1. The molecule has 0 fully saturated rings. The molecule has 2 rings (SSSR count). The van der Waals surface area contributed by atoms with E-state index in [0.717, 1.165) is 21.7 Å². The number of ketones is 1. The van der Waals surface area contributed by atoms with Gasteiger partial charge < -0.3 is 5.32 Å². The molecule has 2 aromatic rings. The lowest BCUT2D eigenvalue weighted by Gasteiger charge is -2.22. The topological polar surface area (TPSA) is 83.6 Å². The molecular formula is C19H22N2O4S. The largest absolute Gasteiger partial charge is 0.324 e. The van der Waals surface area contributed by atoms with Crippen molar-refractivity contribution in [2.75, 3.05) is 22.4 Å². The van der Waals surface area contributed by atoms with Crippen LogP contribution in [0.1, 0.15) is 28.4 Å². The van der Waals surface area contributed by atoms with Crippen LogP contribution in [0.2, 0.25) is 0 Å². The second-order valence-electron chi connectivity index (χ2n) is 6.30. The van der Waals surface area contributed by atoms with Gasteiger partial charge in [0.25, 0.3) is 0 Å².